The average Bonchev–Trinajstić information content (AvgIpc) is 3.21. The van der Waals surface area contributed by atoms with Gasteiger partial charge in [0, 0.05) is 76.8 Å². The van der Waals surface area contributed by atoms with Gasteiger partial charge in [0.05, 0.1) is 33.9 Å². The van der Waals surface area contributed by atoms with Crippen molar-refractivity contribution < 1.29 is 16.8 Å². The number of rotatable bonds is 13. The molecule has 14 heteroatoms. The van der Waals surface area contributed by atoms with Crippen LogP contribution in [0.25, 0.3) is 0 Å². The van der Waals surface area contributed by atoms with Crippen LogP contribution in [0.15, 0.2) is 132 Å². The molecule has 0 amide bonds. The summed E-state index contributed by atoms with van der Waals surface area (Å²) in [5.74, 6) is 0. The van der Waals surface area contributed by atoms with Gasteiger partial charge in [-0.05, 0) is 73.8 Å². The molecule has 0 bridgehead atoms. The first kappa shape index (κ1) is 41.4. The number of sulfonamides is 2. The number of likely N-dealkylation sites (N-methyl/N-ethyl adjacent to an activating group) is 2. The van der Waals surface area contributed by atoms with Crippen LogP contribution < -0.4 is 29.9 Å². The number of nitrogens with one attached hydrogen (secondary N) is 4. The molecule has 2 fully saturated rings. The first-order valence-electron chi connectivity index (χ1n) is 19.2. The Labute approximate surface area is 338 Å². The average molecular weight is 811 g/mol. The predicted octanol–water partition coefficient (Wildman–Crippen LogP) is 6.27. The Hall–Kier alpha value is -5.28. The topological polar surface area (TPSA) is 129 Å². The van der Waals surface area contributed by atoms with Crippen LogP contribution in [-0.2, 0) is 33.1 Å². The van der Waals surface area contributed by atoms with Crippen molar-refractivity contribution in [1.29, 1.82) is 0 Å². The van der Waals surface area contributed by atoms with E-state index in [0.717, 1.165) is 86.2 Å². The highest BCUT2D eigenvalue weighted by Gasteiger charge is 2.20. The van der Waals surface area contributed by atoms with E-state index in [-0.39, 0.29) is 4.90 Å². The maximum absolute atomic E-state index is 12.9. The predicted molar refractivity (Wildman–Crippen MR) is 236 cm³/mol. The third-order valence-electron chi connectivity index (χ3n) is 9.99. The van der Waals surface area contributed by atoms with Gasteiger partial charge in [-0.2, -0.15) is 0 Å². The van der Waals surface area contributed by atoms with E-state index in [9.17, 15) is 16.8 Å². The maximum Gasteiger partial charge on any atom is 0.261 e. The molecule has 0 atom stereocenters. The van der Waals surface area contributed by atoms with Gasteiger partial charge in [0.25, 0.3) is 10.0 Å². The summed E-state index contributed by atoms with van der Waals surface area (Å²) in [5, 5.41) is 6.80. The molecule has 0 aromatic heterocycles. The highest BCUT2D eigenvalue weighted by molar-refractivity contribution is 7.92. The lowest BCUT2D eigenvalue weighted by Gasteiger charge is -2.34. The molecular weight excluding hydrogens is 757 g/mol. The molecule has 2 aliphatic heterocycles. The molecule has 4 N–H and O–H groups in total. The molecule has 0 saturated carbocycles. The Bertz CT molecular complexity index is 2250. The fourth-order valence-electron chi connectivity index (χ4n) is 6.65. The number of anilines is 6. The quantitative estimate of drug-likeness (QED) is 0.108. The van der Waals surface area contributed by atoms with Crippen molar-refractivity contribution in [3.8, 4) is 0 Å². The van der Waals surface area contributed by atoms with Crippen LogP contribution in [0.4, 0.5) is 34.1 Å². The van der Waals surface area contributed by atoms with Gasteiger partial charge in [0.2, 0.25) is 10.0 Å². The fraction of sp³-hybridized carbons (Fsp3) is 0.302. The SMILES string of the molecule is CN1CCN(c2ccc(NS(=O)(=O)c3ccccc3)c(NCc3ccccc3)c2)CC1.CN1CCN(c2ccc(NS(C)(=O)=O)c(NCc3ccccc3)c2)CC1. The largest absolute Gasteiger partial charge is 0.379 e. The van der Waals surface area contributed by atoms with Crippen LogP contribution in [0, 0.1) is 0 Å². The van der Waals surface area contributed by atoms with Crippen molar-refractivity contribution in [1.82, 2.24) is 9.80 Å². The molecule has 57 heavy (non-hydrogen) atoms. The molecule has 5 aromatic rings. The van der Waals surface area contributed by atoms with E-state index in [1.165, 1.54) is 6.26 Å². The van der Waals surface area contributed by atoms with E-state index >= 15 is 0 Å². The monoisotopic (exact) mass is 810 g/mol. The lowest BCUT2D eigenvalue weighted by Crippen LogP contribution is -2.44. The van der Waals surface area contributed by atoms with Crippen LogP contribution in [0.2, 0.25) is 0 Å². The molecule has 5 aromatic carbocycles. The summed E-state index contributed by atoms with van der Waals surface area (Å²) in [5.41, 5.74) is 7.13. The number of piperazine rings is 2. The first-order chi connectivity index (χ1) is 27.4. The first-order valence-corrected chi connectivity index (χ1v) is 22.6. The van der Waals surface area contributed by atoms with Gasteiger partial charge in [-0.3, -0.25) is 9.44 Å². The highest BCUT2D eigenvalue weighted by atomic mass is 32.2. The van der Waals surface area contributed by atoms with E-state index in [1.807, 2.05) is 97.1 Å². The number of hydrogen-bond acceptors (Lipinski definition) is 10. The van der Waals surface area contributed by atoms with Crippen molar-refractivity contribution in [3.63, 3.8) is 0 Å². The van der Waals surface area contributed by atoms with Gasteiger partial charge in [0.1, 0.15) is 0 Å². The lowest BCUT2D eigenvalue weighted by molar-refractivity contribution is 0.313. The zero-order valence-corrected chi connectivity index (χ0v) is 34.6. The van der Waals surface area contributed by atoms with Crippen LogP contribution in [0.3, 0.4) is 0 Å². The van der Waals surface area contributed by atoms with Gasteiger partial charge in [0.15, 0.2) is 0 Å². The van der Waals surface area contributed by atoms with Gasteiger partial charge < -0.3 is 30.2 Å². The van der Waals surface area contributed by atoms with Gasteiger partial charge in [-0.15, -0.1) is 0 Å². The number of hydrogen-bond donors (Lipinski definition) is 4. The summed E-state index contributed by atoms with van der Waals surface area (Å²) in [6.45, 7) is 9.13. The molecule has 0 radical (unpaired) electrons. The molecule has 2 aliphatic rings. The minimum Gasteiger partial charge on any atom is -0.379 e. The van der Waals surface area contributed by atoms with E-state index in [1.54, 1.807) is 30.3 Å². The second-order valence-electron chi connectivity index (χ2n) is 14.5. The lowest BCUT2D eigenvalue weighted by atomic mass is 10.2. The summed E-state index contributed by atoms with van der Waals surface area (Å²) in [6.07, 6.45) is 1.17. The summed E-state index contributed by atoms with van der Waals surface area (Å²) >= 11 is 0. The summed E-state index contributed by atoms with van der Waals surface area (Å²) in [6, 6.07) is 40.3. The van der Waals surface area contributed by atoms with Crippen molar-refractivity contribution in [2.75, 3.05) is 103 Å². The molecule has 7 rings (SSSR count). The zero-order chi connectivity index (χ0) is 40.3. The number of nitrogens with zero attached hydrogens (tertiary/aromatic N) is 4. The van der Waals surface area contributed by atoms with Crippen molar-refractivity contribution in [2.24, 2.45) is 0 Å². The summed E-state index contributed by atoms with van der Waals surface area (Å²) in [4.78, 5) is 9.53. The van der Waals surface area contributed by atoms with Gasteiger partial charge in [-0.25, -0.2) is 16.8 Å². The second kappa shape index (κ2) is 19.2. The Morgan fingerprint density at radius 1 is 0.474 bits per heavy atom. The van der Waals surface area contributed by atoms with Gasteiger partial charge >= 0.3 is 0 Å². The van der Waals surface area contributed by atoms with Crippen LogP contribution >= 0.6 is 0 Å². The maximum atomic E-state index is 12.9. The zero-order valence-electron chi connectivity index (χ0n) is 32.9. The Balaban J connectivity index is 0.000000196. The second-order valence-corrected chi connectivity index (χ2v) is 17.9. The molecule has 0 aliphatic carbocycles. The minimum absolute atomic E-state index is 0.243. The molecule has 0 spiro atoms. The van der Waals surface area contributed by atoms with Crippen molar-refractivity contribution in [3.05, 3.63) is 139 Å². The normalized spacial score (nSPS) is 15.3. The Morgan fingerprint density at radius 2 is 0.860 bits per heavy atom. The smallest absolute Gasteiger partial charge is 0.261 e. The molecule has 0 unspecified atom stereocenters. The van der Waals surface area contributed by atoms with E-state index in [0.29, 0.717) is 24.5 Å². The third-order valence-corrected chi connectivity index (χ3v) is 12.0. The van der Waals surface area contributed by atoms with E-state index in [2.05, 4.69) is 53.8 Å². The van der Waals surface area contributed by atoms with Crippen molar-refractivity contribution in [2.45, 2.75) is 18.0 Å². The summed E-state index contributed by atoms with van der Waals surface area (Å²) in [7, 11) is -2.75. The van der Waals surface area contributed by atoms with Crippen LogP contribution in [-0.4, -0.2) is 99.3 Å². The molecule has 2 saturated heterocycles. The Morgan fingerprint density at radius 3 is 1.26 bits per heavy atom. The third kappa shape index (κ3) is 12.4. The Kier molecular flexibility index (Phi) is 14.0. The van der Waals surface area contributed by atoms with Crippen LogP contribution in [0.1, 0.15) is 11.1 Å². The highest BCUT2D eigenvalue weighted by Crippen LogP contribution is 2.32. The van der Waals surface area contributed by atoms with E-state index < -0.39 is 20.0 Å². The molecule has 12 nitrogen and oxygen atoms in total. The molecule has 302 valence electrons. The van der Waals surface area contributed by atoms with Gasteiger partial charge in [-0.1, -0.05) is 78.9 Å². The molecular formula is C43H54N8O4S2. The van der Waals surface area contributed by atoms with Crippen LogP contribution in [0.5, 0.6) is 0 Å². The molecule has 2 heterocycles. The summed E-state index contributed by atoms with van der Waals surface area (Å²) < 4.78 is 54.5. The fourth-order valence-corrected chi connectivity index (χ4v) is 8.33. The minimum atomic E-state index is -3.67. The van der Waals surface area contributed by atoms with E-state index in [4.69, 9.17) is 0 Å². The standard InChI is InChI=1S/C24H28N4O2S.C19H26N4O2S/c1-27-14-16-28(17-15-27)21-12-13-23(26-31(29,30)22-10-6-3-7-11-22)24(18-21)25-19-20-8-4-2-5-9-20;1-22-10-12-23(13-11-22)17-8-9-18(21-26(2,24)25)19(14-17)20-15-16-6-4-3-5-7-16/h2-13,18,25-26H,14-17,19H2,1H3;3-9,14,20-21H,10-13,15H2,1-2H3. The van der Waals surface area contributed by atoms with Crippen molar-refractivity contribution >= 4 is 54.2 Å². The number of benzene rings is 5.